The first-order chi connectivity index (χ1) is 19.8. The van der Waals surface area contributed by atoms with Crippen LogP contribution in [0.15, 0.2) is 70.1 Å². The minimum absolute atomic E-state index is 0.541. The van der Waals surface area contributed by atoms with Gasteiger partial charge in [0.25, 0.3) is 0 Å². The van der Waals surface area contributed by atoms with E-state index in [1.54, 1.807) is 27.7 Å². The van der Waals surface area contributed by atoms with Gasteiger partial charge in [0, 0.05) is 81.6 Å². The molecule has 42 heavy (non-hydrogen) atoms. The quantitative estimate of drug-likeness (QED) is 0.256. The van der Waals surface area contributed by atoms with Crippen LogP contribution in [0, 0.1) is 27.7 Å². The van der Waals surface area contributed by atoms with Crippen molar-refractivity contribution in [1.82, 2.24) is 48.3 Å². The third-order valence-electron chi connectivity index (χ3n) is 6.09. The number of halogens is 2. The molecule has 0 fully saturated rings. The second-order valence-electron chi connectivity index (χ2n) is 9.63. The van der Waals surface area contributed by atoms with Crippen LogP contribution in [0.1, 0.15) is 22.8 Å². The number of anilines is 2. The van der Waals surface area contributed by atoms with Gasteiger partial charge in [-0.1, -0.05) is 0 Å². The van der Waals surface area contributed by atoms with Gasteiger partial charge in [-0.05, 0) is 89.9 Å². The summed E-state index contributed by atoms with van der Waals surface area (Å²) >= 11 is 6.67. The van der Waals surface area contributed by atoms with E-state index in [9.17, 15) is 0 Å². The average Bonchev–Trinajstić information content (AvgIpc) is 3.75. The highest BCUT2D eigenvalue weighted by molar-refractivity contribution is 9.10. The molecule has 0 spiro atoms. The zero-order valence-electron chi connectivity index (χ0n) is 25.2. The third kappa shape index (κ3) is 8.49. The van der Waals surface area contributed by atoms with Crippen LogP contribution < -0.4 is 11.5 Å². The SMILES string of the molecule is Cc1ccc(C)n1-c1cc(Br)n(C)n1.Cc1ccc(C)n1-c1ccn(C)n1.Cn1ccc(N)n1.Cn1nc(N)cc1Br. The van der Waals surface area contributed by atoms with Crippen molar-refractivity contribution < 1.29 is 0 Å². The lowest BCUT2D eigenvalue weighted by molar-refractivity contribution is 0.731. The Morgan fingerprint density at radius 1 is 0.524 bits per heavy atom. The molecule has 0 amide bonds. The van der Waals surface area contributed by atoms with Crippen LogP contribution in [0.4, 0.5) is 11.6 Å². The lowest BCUT2D eigenvalue weighted by Crippen LogP contribution is -2.00. The Morgan fingerprint density at radius 3 is 1.26 bits per heavy atom. The summed E-state index contributed by atoms with van der Waals surface area (Å²) in [6.45, 7) is 8.33. The number of nitrogens with zero attached hydrogens (tertiary/aromatic N) is 10. The molecule has 0 saturated carbocycles. The van der Waals surface area contributed by atoms with Gasteiger partial charge in [-0.3, -0.25) is 18.7 Å². The fraction of sp³-hybridized carbons (Fsp3) is 0.286. The predicted molar refractivity (Wildman–Crippen MR) is 175 cm³/mol. The molecule has 6 rings (SSSR count). The van der Waals surface area contributed by atoms with E-state index in [4.69, 9.17) is 11.5 Å². The van der Waals surface area contributed by atoms with Crippen LogP contribution in [0.3, 0.4) is 0 Å². The Bertz CT molecular complexity index is 1630. The fourth-order valence-electron chi connectivity index (χ4n) is 4.02. The molecule has 6 aromatic rings. The lowest BCUT2D eigenvalue weighted by Gasteiger charge is -2.03. The molecule has 12 nitrogen and oxygen atoms in total. The molecule has 0 radical (unpaired) electrons. The Balaban J connectivity index is 0.000000160. The highest BCUT2D eigenvalue weighted by Gasteiger charge is 2.08. The predicted octanol–water partition coefficient (Wildman–Crippen LogP) is 5.18. The van der Waals surface area contributed by atoms with Gasteiger partial charge in [0.1, 0.15) is 20.8 Å². The smallest absolute Gasteiger partial charge is 0.160 e. The normalized spacial score (nSPS) is 10.3. The number of aromatic nitrogens is 10. The number of hydrogen-bond donors (Lipinski definition) is 2. The summed E-state index contributed by atoms with van der Waals surface area (Å²) in [4.78, 5) is 0. The summed E-state index contributed by atoms with van der Waals surface area (Å²) in [5.41, 5.74) is 15.4. The summed E-state index contributed by atoms with van der Waals surface area (Å²) in [5, 5.41) is 16.4. The van der Waals surface area contributed by atoms with E-state index < -0.39 is 0 Å². The van der Waals surface area contributed by atoms with Crippen molar-refractivity contribution in [1.29, 1.82) is 0 Å². The van der Waals surface area contributed by atoms with Crippen molar-refractivity contribution in [3.05, 3.63) is 92.9 Å². The number of nitrogens with two attached hydrogens (primary N) is 2. The summed E-state index contributed by atoms with van der Waals surface area (Å²) in [5.74, 6) is 3.06. The van der Waals surface area contributed by atoms with Crippen LogP contribution in [-0.2, 0) is 28.2 Å². The van der Waals surface area contributed by atoms with E-state index in [-0.39, 0.29) is 0 Å². The van der Waals surface area contributed by atoms with Gasteiger partial charge >= 0.3 is 0 Å². The molecule has 4 N–H and O–H groups in total. The van der Waals surface area contributed by atoms with Gasteiger partial charge in [-0.15, -0.1) is 0 Å². The van der Waals surface area contributed by atoms with E-state index in [1.165, 1.54) is 22.8 Å². The van der Waals surface area contributed by atoms with Crippen molar-refractivity contribution in [2.75, 3.05) is 11.5 Å². The van der Waals surface area contributed by atoms with Gasteiger partial charge in [-0.25, -0.2) is 0 Å². The maximum absolute atomic E-state index is 5.32. The van der Waals surface area contributed by atoms with Gasteiger partial charge in [0.05, 0.1) is 0 Å². The lowest BCUT2D eigenvalue weighted by atomic mass is 10.5. The number of rotatable bonds is 2. The molecule has 14 heteroatoms. The summed E-state index contributed by atoms with van der Waals surface area (Å²) in [6.07, 6.45) is 3.75. The standard InChI is InChI=1S/C10H12BrN3.C10H13N3.C4H6BrN3.C4H7N3/c1-7-4-5-8(2)14(7)10-6-9(11)13(3)12-10;1-8-4-5-9(2)13(8)10-6-7-12(3)11-10;1-8-3(5)2-4(6)7-8;1-7-3-2-4(5)6-7/h4-6H,1-3H3;4-7H,1-3H3;2H,1H3,(H2,6,7);2-3H,1H3,(H2,5,6). The fourth-order valence-corrected chi connectivity index (χ4v) is 4.62. The van der Waals surface area contributed by atoms with Gasteiger partial charge in [-0.2, -0.15) is 20.4 Å². The van der Waals surface area contributed by atoms with Crippen LogP contribution >= 0.6 is 31.9 Å². The maximum atomic E-state index is 5.32. The minimum Gasteiger partial charge on any atom is -0.382 e. The molecule has 6 heterocycles. The molecule has 0 aliphatic heterocycles. The van der Waals surface area contributed by atoms with Crippen LogP contribution in [0.2, 0.25) is 0 Å². The molecular formula is C28H38Br2N12. The van der Waals surface area contributed by atoms with E-state index in [1.807, 2.05) is 55.9 Å². The monoisotopic (exact) mass is 700 g/mol. The molecule has 0 unspecified atom stereocenters. The summed E-state index contributed by atoms with van der Waals surface area (Å²) in [6, 6.07) is 15.9. The van der Waals surface area contributed by atoms with Crippen molar-refractivity contribution in [3.8, 4) is 11.6 Å². The number of nitrogen functional groups attached to an aromatic ring is 2. The van der Waals surface area contributed by atoms with E-state index in [2.05, 4.69) is 113 Å². The average molecular weight is 703 g/mol. The topological polar surface area (TPSA) is 133 Å². The van der Waals surface area contributed by atoms with Crippen LogP contribution in [0.5, 0.6) is 0 Å². The second-order valence-corrected chi connectivity index (χ2v) is 11.3. The second kappa shape index (κ2) is 14.2. The zero-order valence-corrected chi connectivity index (χ0v) is 28.3. The molecular weight excluding hydrogens is 664 g/mol. The highest BCUT2D eigenvalue weighted by Crippen LogP contribution is 2.18. The molecule has 0 saturated heterocycles. The van der Waals surface area contributed by atoms with E-state index in [0.717, 1.165) is 20.8 Å². The Morgan fingerprint density at radius 2 is 0.976 bits per heavy atom. The van der Waals surface area contributed by atoms with Crippen molar-refractivity contribution >= 4 is 43.5 Å². The minimum atomic E-state index is 0.541. The molecule has 224 valence electrons. The highest BCUT2D eigenvalue weighted by atomic mass is 79.9. The Kier molecular flexibility index (Phi) is 11.0. The first-order valence-electron chi connectivity index (χ1n) is 13.0. The zero-order chi connectivity index (χ0) is 31.1. The van der Waals surface area contributed by atoms with Crippen molar-refractivity contribution in [2.45, 2.75) is 27.7 Å². The van der Waals surface area contributed by atoms with E-state index >= 15 is 0 Å². The van der Waals surface area contributed by atoms with Gasteiger partial charge in [0.2, 0.25) is 0 Å². The first kappa shape index (κ1) is 32.5. The molecule has 6 aromatic heterocycles. The molecule has 0 bridgehead atoms. The number of aryl methyl sites for hydroxylation is 8. The van der Waals surface area contributed by atoms with Crippen molar-refractivity contribution in [3.63, 3.8) is 0 Å². The molecule has 0 aliphatic carbocycles. The third-order valence-corrected chi connectivity index (χ3v) is 7.57. The van der Waals surface area contributed by atoms with Crippen LogP contribution in [-0.4, -0.2) is 48.3 Å². The van der Waals surface area contributed by atoms with Crippen LogP contribution in [0.25, 0.3) is 11.6 Å². The van der Waals surface area contributed by atoms with Gasteiger partial charge in [0.15, 0.2) is 11.6 Å². The first-order valence-corrected chi connectivity index (χ1v) is 14.5. The van der Waals surface area contributed by atoms with Crippen molar-refractivity contribution in [2.24, 2.45) is 28.2 Å². The molecule has 0 aromatic carbocycles. The molecule has 0 atom stereocenters. The largest absolute Gasteiger partial charge is 0.382 e. The summed E-state index contributed by atoms with van der Waals surface area (Å²) < 4.78 is 13.1. The van der Waals surface area contributed by atoms with E-state index in [0.29, 0.717) is 11.6 Å². The maximum Gasteiger partial charge on any atom is 0.160 e. The van der Waals surface area contributed by atoms with Gasteiger partial charge < -0.3 is 20.6 Å². The Hall–Kier alpha value is -4.04. The Labute approximate surface area is 262 Å². The number of hydrogen-bond acceptors (Lipinski definition) is 6. The summed E-state index contributed by atoms with van der Waals surface area (Å²) in [7, 11) is 7.50. The molecule has 0 aliphatic rings.